The first-order valence-corrected chi connectivity index (χ1v) is 9.64. The SMILES string of the molecule is Cc1ccc(NC(=O)C2CCN(C(=O)c3ccc4c(c3)[nH]c(=O)n4C)CC2)nc1. The van der Waals surface area contributed by atoms with Gasteiger partial charge in [-0.2, -0.15) is 0 Å². The maximum atomic E-state index is 12.9. The van der Waals surface area contributed by atoms with E-state index in [1.54, 1.807) is 42.4 Å². The van der Waals surface area contributed by atoms with Crippen molar-refractivity contribution in [2.45, 2.75) is 19.8 Å². The van der Waals surface area contributed by atoms with Crippen LogP contribution in [0.5, 0.6) is 0 Å². The first-order chi connectivity index (χ1) is 13.9. The standard InChI is InChI=1S/C21H23N5O3/c1-13-3-6-18(22-12-13)24-19(27)14-7-9-26(10-8-14)20(28)15-4-5-17-16(11-15)23-21(29)25(17)2/h3-6,11-12,14H,7-10H2,1-2H3,(H,23,29)(H,22,24,27). The molecule has 150 valence electrons. The molecule has 2 aromatic heterocycles. The van der Waals surface area contributed by atoms with Gasteiger partial charge in [0.1, 0.15) is 5.82 Å². The van der Waals surface area contributed by atoms with Gasteiger partial charge in [-0.15, -0.1) is 0 Å². The first-order valence-electron chi connectivity index (χ1n) is 9.64. The third-order valence-electron chi connectivity index (χ3n) is 5.47. The highest BCUT2D eigenvalue weighted by molar-refractivity contribution is 5.98. The van der Waals surface area contributed by atoms with Crippen molar-refractivity contribution in [3.8, 4) is 0 Å². The van der Waals surface area contributed by atoms with Crippen LogP contribution in [0.1, 0.15) is 28.8 Å². The topological polar surface area (TPSA) is 100 Å². The summed E-state index contributed by atoms with van der Waals surface area (Å²) in [5.41, 5.74) is 2.76. The highest BCUT2D eigenvalue weighted by Gasteiger charge is 2.28. The predicted molar refractivity (Wildman–Crippen MR) is 110 cm³/mol. The molecule has 8 nitrogen and oxygen atoms in total. The molecule has 0 spiro atoms. The van der Waals surface area contributed by atoms with E-state index in [9.17, 15) is 14.4 Å². The molecule has 3 heterocycles. The number of likely N-dealkylation sites (tertiary alicyclic amines) is 1. The molecule has 1 aliphatic rings. The molecule has 8 heteroatoms. The average molecular weight is 393 g/mol. The van der Waals surface area contributed by atoms with Gasteiger partial charge in [-0.3, -0.25) is 14.2 Å². The fourth-order valence-electron chi connectivity index (χ4n) is 3.67. The van der Waals surface area contributed by atoms with Crippen LogP contribution in [0.25, 0.3) is 11.0 Å². The number of H-pyrrole nitrogens is 1. The van der Waals surface area contributed by atoms with E-state index in [1.807, 2.05) is 13.0 Å². The van der Waals surface area contributed by atoms with Crippen LogP contribution in [-0.2, 0) is 11.8 Å². The summed E-state index contributed by atoms with van der Waals surface area (Å²) in [6.07, 6.45) is 2.93. The summed E-state index contributed by atoms with van der Waals surface area (Å²) in [5.74, 6) is 0.256. The lowest BCUT2D eigenvalue weighted by Gasteiger charge is -2.31. The molecule has 3 aromatic rings. The van der Waals surface area contributed by atoms with Crippen LogP contribution in [0.3, 0.4) is 0 Å². The molecule has 0 bridgehead atoms. The number of aromatic amines is 1. The second kappa shape index (κ2) is 7.54. The normalized spacial score (nSPS) is 14.9. The Morgan fingerprint density at radius 1 is 1.17 bits per heavy atom. The van der Waals surface area contributed by atoms with Crippen LogP contribution in [0.2, 0.25) is 0 Å². The number of aryl methyl sites for hydroxylation is 2. The lowest BCUT2D eigenvalue weighted by Crippen LogP contribution is -2.41. The number of pyridine rings is 1. The van der Waals surface area contributed by atoms with Crippen LogP contribution in [0.4, 0.5) is 5.82 Å². The van der Waals surface area contributed by atoms with E-state index in [-0.39, 0.29) is 23.4 Å². The van der Waals surface area contributed by atoms with Gasteiger partial charge in [-0.05, 0) is 49.6 Å². The number of carbonyl (C=O) groups excluding carboxylic acids is 2. The van der Waals surface area contributed by atoms with Gasteiger partial charge in [0.25, 0.3) is 5.91 Å². The quantitative estimate of drug-likeness (QED) is 0.711. The Morgan fingerprint density at radius 2 is 1.93 bits per heavy atom. The van der Waals surface area contributed by atoms with Gasteiger partial charge < -0.3 is 15.2 Å². The number of hydrogen-bond acceptors (Lipinski definition) is 4. The Labute approximate surface area is 167 Å². The highest BCUT2D eigenvalue weighted by Crippen LogP contribution is 2.22. The summed E-state index contributed by atoms with van der Waals surface area (Å²) in [6.45, 7) is 2.97. The molecular formula is C21H23N5O3. The zero-order valence-corrected chi connectivity index (χ0v) is 16.4. The summed E-state index contributed by atoms with van der Waals surface area (Å²) >= 11 is 0. The van der Waals surface area contributed by atoms with Crippen molar-refractivity contribution in [1.29, 1.82) is 0 Å². The van der Waals surface area contributed by atoms with E-state index in [4.69, 9.17) is 0 Å². The van der Waals surface area contributed by atoms with Gasteiger partial charge in [-0.25, -0.2) is 9.78 Å². The molecule has 0 saturated carbocycles. The minimum absolute atomic E-state index is 0.0586. The lowest BCUT2D eigenvalue weighted by molar-refractivity contribution is -0.121. The molecule has 0 unspecified atom stereocenters. The van der Waals surface area contributed by atoms with Crippen molar-refractivity contribution < 1.29 is 9.59 Å². The number of hydrogen-bond donors (Lipinski definition) is 2. The fraction of sp³-hybridized carbons (Fsp3) is 0.333. The Balaban J connectivity index is 1.38. The summed E-state index contributed by atoms with van der Waals surface area (Å²) in [4.78, 5) is 45.8. The first kappa shape index (κ1) is 18.9. The van der Waals surface area contributed by atoms with Crippen molar-refractivity contribution in [1.82, 2.24) is 19.4 Å². The molecule has 1 aromatic carbocycles. The second-order valence-corrected chi connectivity index (χ2v) is 7.50. The number of aromatic nitrogens is 3. The number of imidazole rings is 1. The Hall–Kier alpha value is -3.42. The number of fused-ring (bicyclic) bond motifs is 1. The van der Waals surface area contributed by atoms with Crippen molar-refractivity contribution in [2.75, 3.05) is 18.4 Å². The second-order valence-electron chi connectivity index (χ2n) is 7.50. The van der Waals surface area contributed by atoms with Gasteiger partial charge in [0.2, 0.25) is 5.91 Å². The summed E-state index contributed by atoms with van der Waals surface area (Å²) in [7, 11) is 1.69. The van der Waals surface area contributed by atoms with Crippen LogP contribution < -0.4 is 11.0 Å². The molecule has 1 aliphatic heterocycles. The number of nitrogens with one attached hydrogen (secondary N) is 2. The van der Waals surface area contributed by atoms with Gasteiger partial charge in [0.05, 0.1) is 11.0 Å². The maximum absolute atomic E-state index is 12.9. The van der Waals surface area contributed by atoms with Crippen molar-refractivity contribution >= 4 is 28.7 Å². The minimum atomic E-state index is -0.209. The van der Waals surface area contributed by atoms with E-state index in [2.05, 4.69) is 15.3 Å². The zero-order chi connectivity index (χ0) is 20.5. The molecule has 1 fully saturated rings. The van der Waals surface area contributed by atoms with E-state index in [1.165, 1.54) is 4.57 Å². The van der Waals surface area contributed by atoms with Crippen LogP contribution in [-0.4, -0.2) is 44.3 Å². The molecule has 2 N–H and O–H groups in total. The van der Waals surface area contributed by atoms with E-state index < -0.39 is 0 Å². The number of carbonyl (C=O) groups is 2. The molecule has 0 aliphatic carbocycles. The molecular weight excluding hydrogens is 370 g/mol. The molecule has 4 rings (SSSR count). The van der Waals surface area contributed by atoms with Crippen LogP contribution in [0, 0.1) is 12.8 Å². The molecule has 0 radical (unpaired) electrons. The summed E-state index contributed by atoms with van der Waals surface area (Å²) < 4.78 is 1.51. The van der Waals surface area contributed by atoms with Gasteiger partial charge >= 0.3 is 5.69 Å². The van der Waals surface area contributed by atoms with Crippen molar-refractivity contribution in [3.05, 3.63) is 58.1 Å². The molecule has 29 heavy (non-hydrogen) atoms. The maximum Gasteiger partial charge on any atom is 0.326 e. The number of rotatable bonds is 3. The van der Waals surface area contributed by atoms with E-state index in [0.29, 0.717) is 42.8 Å². The fourth-order valence-corrected chi connectivity index (χ4v) is 3.67. The van der Waals surface area contributed by atoms with Crippen LogP contribution in [0.15, 0.2) is 41.3 Å². The zero-order valence-electron chi connectivity index (χ0n) is 16.4. The van der Waals surface area contributed by atoms with E-state index >= 15 is 0 Å². The Morgan fingerprint density at radius 3 is 2.62 bits per heavy atom. The lowest BCUT2D eigenvalue weighted by atomic mass is 9.95. The van der Waals surface area contributed by atoms with Crippen LogP contribution >= 0.6 is 0 Å². The monoisotopic (exact) mass is 393 g/mol. The number of piperidine rings is 1. The summed E-state index contributed by atoms with van der Waals surface area (Å²) in [5, 5.41) is 2.85. The Kier molecular flexibility index (Phi) is 4.92. The van der Waals surface area contributed by atoms with E-state index in [0.717, 1.165) is 11.1 Å². The molecule has 0 atom stereocenters. The van der Waals surface area contributed by atoms with Gasteiger partial charge in [0, 0.05) is 37.8 Å². The van der Waals surface area contributed by atoms with Crippen molar-refractivity contribution in [2.24, 2.45) is 13.0 Å². The third-order valence-corrected chi connectivity index (χ3v) is 5.47. The summed E-state index contributed by atoms with van der Waals surface area (Å²) in [6, 6.07) is 8.91. The Bertz CT molecular complexity index is 1120. The minimum Gasteiger partial charge on any atom is -0.339 e. The number of amides is 2. The molecule has 2 amide bonds. The van der Waals surface area contributed by atoms with Crippen molar-refractivity contribution in [3.63, 3.8) is 0 Å². The average Bonchev–Trinajstić information content (AvgIpc) is 3.02. The smallest absolute Gasteiger partial charge is 0.326 e. The van der Waals surface area contributed by atoms with Gasteiger partial charge in [-0.1, -0.05) is 6.07 Å². The highest BCUT2D eigenvalue weighted by atomic mass is 16.2. The number of benzene rings is 1. The van der Waals surface area contributed by atoms with Gasteiger partial charge in [0.15, 0.2) is 0 Å². The number of anilines is 1. The molecule has 1 saturated heterocycles. The third kappa shape index (κ3) is 3.78. The predicted octanol–water partition coefficient (Wildman–Crippen LogP) is 2.06. The largest absolute Gasteiger partial charge is 0.339 e. The number of nitrogens with zero attached hydrogens (tertiary/aromatic N) is 3.